The monoisotopic (exact) mass is 352 g/mol. The first-order valence-electron chi connectivity index (χ1n) is 6.99. The van der Waals surface area contributed by atoms with E-state index in [1.807, 2.05) is 6.92 Å². The van der Waals surface area contributed by atoms with E-state index in [0.29, 0.717) is 22.4 Å². The smallest absolute Gasteiger partial charge is 0.236 e. The summed E-state index contributed by atoms with van der Waals surface area (Å²) in [7, 11) is 0. The molecule has 2 aromatic heterocycles. The second-order valence-electron chi connectivity index (χ2n) is 4.35. The number of amides is 2. The maximum Gasteiger partial charge on any atom is 0.236 e. The zero-order valence-corrected chi connectivity index (χ0v) is 14.3. The van der Waals surface area contributed by atoms with Gasteiger partial charge >= 0.3 is 0 Å². The molecule has 0 fully saturated rings. The van der Waals surface area contributed by atoms with Crippen LogP contribution in [0, 0.1) is 0 Å². The zero-order valence-electron chi connectivity index (χ0n) is 12.7. The minimum absolute atomic E-state index is 0.123. The molecule has 0 aromatic carbocycles. The number of aromatic nitrogens is 4. The van der Waals surface area contributed by atoms with E-state index in [-0.39, 0.29) is 17.6 Å². The molecule has 0 spiro atoms. The van der Waals surface area contributed by atoms with Crippen molar-refractivity contribution in [2.45, 2.75) is 31.7 Å². The second-order valence-corrected chi connectivity index (χ2v) is 6.41. The lowest BCUT2D eigenvalue weighted by Crippen LogP contribution is -2.14. The molecule has 122 valence electrons. The molecule has 2 N–H and O–H groups in total. The van der Waals surface area contributed by atoms with Crippen LogP contribution in [0.1, 0.15) is 25.3 Å². The van der Waals surface area contributed by atoms with Gasteiger partial charge in [-0.3, -0.25) is 14.9 Å². The minimum atomic E-state index is -0.182. The first kappa shape index (κ1) is 17.3. The van der Waals surface area contributed by atoms with Crippen LogP contribution < -0.4 is 10.6 Å². The fourth-order valence-electron chi connectivity index (χ4n) is 1.44. The summed E-state index contributed by atoms with van der Waals surface area (Å²) in [5.74, 6) is 0.282. The zero-order chi connectivity index (χ0) is 16.7. The van der Waals surface area contributed by atoms with Gasteiger partial charge < -0.3 is 5.32 Å². The largest absolute Gasteiger partial charge is 0.309 e. The highest BCUT2D eigenvalue weighted by atomic mass is 32.2. The number of hydrogen-bond donors (Lipinski definition) is 2. The average molecular weight is 352 g/mol. The molecule has 10 heteroatoms. The van der Waals surface area contributed by atoms with E-state index in [1.165, 1.54) is 23.1 Å². The highest BCUT2D eigenvalue weighted by Crippen LogP contribution is 2.18. The summed E-state index contributed by atoms with van der Waals surface area (Å²) in [6.07, 6.45) is 1.17. The number of aryl methyl sites for hydroxylation is 1. The lowest BCUT2D eigenvalue weighted by atomic mass is 10.4. The predicted molar refractivity (Wildman–Crippen MR) is 89.6 cm³/mol. The summed E-state index contributed by atoms with van der Waals surface area (Å²) in [5.41, 5.74) is 0. The molecule has 0 saturated carbocycles. The summed E-state index contributed by atoms with van der Waals surface area (Å²) < 4.78 is 0. The van der Waals surface area contributed by atoms with Crippen molar-refractivity contribution in [3.8, 4) is 0 Å². The molecule has 0 aliphatic rings. The van der Waals surface area contributed by atoms with Crippen LogP contribution in [0.25, 0.3) is 0 Å². The third kappa shape index (κ3) is 5.57. The van der Waals surface area contributed by atoms with E-state index in [1.54, 1.807) is 19.1 Å². The van der Waals surface area contributed by atoms with Crippen molar-refractivity contribution in [1.29, 1.82) is 0 Å². The summed E-state index contributed by atoms with van der Waals surface area (Å²) in [4.78, 5) is 23.1. The first-order chi connectivity index (χ1) is 11.1. The van der Waals surface area contributed by atoms with Gasteiger partial charge in [0.05, 0.1) is 5.75 Å². The van der Waals surface area contributed by atoms with Crippen LogP contribution in [0.4, 0.5) is 10.9 Å². The van der Waals surface area contributed by atoms with E-state index in [9.17, 15) is 9.59 Å². The molecule has 0 saturated heterocycles. The van der Waals surface area contributed by atoms with Crippen molar-refractivity contribution in [2.24, 2.45) is 0 Å². The first-order valence-corrected chi connectivity index (χ1v) is 8.79. The molecule has 0 bridgehead atoms. The summed E-state index contributed by atoms with van der Waals surface area (Å²) in [6, 6.07) is 3.36. The van der Waals surface area contributed by atoms with Crippen LogP contribution in [-0.4, -0.2) is 38.0 Å². The summed E-state index contributed by atoms with van der Waals surface area (Å²) in [5, 5.41) is 22.9. The quantitative estimate of drug-likeness (QED) is 0.733. The van der Waals surface area contributed by atoms with Gasteiger partial charge in [0.25, 0.3) is 0 Å². The Kier molecular flexibility index (Phi) is 6.41. The number of thioether (sulfide) groups is 1. The van der Waals surface area contributed by atoms with E-state index >= 15 is 0 Å². The Hall–Kier alpha value is -2.07. The molecule has 8 nitrogen and oxygen atoms in total. The van der Waals surface area contributed by atoms with Gasteiger partial charge in [0.2, 0.25) is 16.9 Å². The van der Waals surface area contributed by atoms with Crippen molar-refractivity contribution in [1.82, 2.24) is 20.4 Å². The molecule has 0 unspecified atom stereocenters. The van der Waals surface area contributed by atoms with Crippen LogP contribution in [0.2, 0.25) is 0 Å². The Labute approximate surface area is 141 Å². The van der Waals surface area contributed by atoms with Gasteiger partial charge in [-0.25, -0.2) is 0 Å². The number of carbonyl (C=O) groups excluding carboxylic acids is 2. The standard InChI is InChI=1S/C13H16N6O2S2/c1-3-9(20)14-8-5-6-12(18-16-8)22-7-10(21)15-13-19-17-11(4-2)23-13/h5-6H,3-4,7H2,1-2H3,(H,14,16,20)(H,15,19,21). The Balaban J connectivity index is 1.80. The van der Waals surface area contributed by atoms with Crippen molar-refractivity contribution in [3.05, 3.63) is 17.1 Å². The summed E-state index contributed by atoms with van der Waals surface area (Å²) >= 11 is 2.61. The van der Waals surface area contributed by atoms with Gasteiger partial charge in [-0.2, -0.15) is 0 Å². The number of rotatable bonds is 7. The van der Waals surface area contributed by atoms with Crippen molar-refractivity contribution < 1.29 is 9.59 Å². The van der Waals surface area contributed by atoms with Gasteiger partial charge in [-0.15, -0.1) is 20.4 Å². The maximum absolute atomic E-state index is 11.8. The van der Waals surface area contributed by atoms with Gasteiger partial charge in [-0.05, 0) is 18.6 Å². The van der Waals surface area contributed by atoms with E-state index in [4.69, 9.17) is 0 Å². The predicted octanol–water partition coefficient (Wildman–Crippen LogP) is 1.97. The number of anilines is 2. The molecular formula is C13H16N6O2S2. The van der Waals surface area contributed by atoms with Crippen molar-refractivity contribution in [2.75, 3.05) is 16.4 Å². The SMILES string of the molecule is CCC(=O)Nc1ccc(SCC(=O)Nc2nnc(CC)s2)nn1. The van der Waals surface area contributed by atoms with Crippen molar-refractivity contribution >= 4 is 45.9 Å². The van der Waals surface area contributed by atoms with Crippen LogP contribution in [0.5, 0.6) is 0 Å². The molecule has 2 amide bonds. The normalized spacial score (nSPS) is 10.3. The Morgan fingerprint density at radius 3 is 2.52 bits per heavy atom. The lowest BCUT2D eigenvalue weighted by Gasteiger charge is -2.03. The van der Waals surface area contributed by atoms with E-state index in [2.05, 4.69) is 31.0 Å². The van der Waals surface area contributed by atoms with Gasteiger partial charge in [0.15, 0.2) is 5.82 Å². The maximum atomic E-state index is 11.8. The molecular weight excluding hydrogens is 336 g/mol. The van der Waals surface area contributed by atoms with Gasteiger partial charge in [0, 0.05) is 6.42 Å². The fourth-order valence-corrected chi connectivity index (χ4v) is 2.75. The number of carbonyl (C=O) groups is 2. The lowest BCUT2D eigenvalue weighted by molar-refractivity contribution is -0.116. The average Bonchev–Trinajstić information content (AvgIpc) is 3.01. The number of nitrogens with one attached hydrogen (secondary N) is 2. The Morgan fingerprint density at radius 1 is 1.09 bits per heavy atom. The Bertz CT molecular complexity index is 673. The molecule has 0 aliphatic heterocycles. The van der Waals surface area contributed by atoms with Gasteiger partial charge in [-0.1, -0.05) is 36.9 Å². The second kappa shape index (κ2) is 8.53. The van der Waals surface area contributed by atoms with E-state index in [0.717, 1.165) is 11.4 Å². The molecule has 2 aromatic rings. The topological polar surface area (TPSA) is 110 Å². The number of hydrogen-bond acceptors (Lipinski definition) is 8. The highest BCUT2D eigenvalue weighted by molar-refractivity contribution is 7.99. The third-order valence-electron chi connectivity index (χ3n) is 2.60. The van der Waals surface area contributed by atoms with Crippen LogP contribution in [0.3, 0.4) is 0 Å². The third-order valence-corrected chi connectivity index (χ3v) is 4.50. The minimum Gasteiger partial charge on any atom is -0.309 e. The molecule has 23 heavy (non-hydrogen) atoms. The number of nitrogens with zero attached hydrogens (tertiary/aromatic N) is 4. The molecule has 2 rings (SSSR count). The van der Waals surface area contributed by atoms with Gasteiger partial charge in [0.1, 0.15) is 10.0 Å². The molecule has 0 atom stereocenters. The van der Waals surface area contributed by atoms with Crippen LogP contribution >= 0.6 is 23.1 Å². The van der Waals surface area contributed by atoms with E-state index < -0.39 is 0 Å². The van der Waals surface area contributed by atoms with Crippen molar-refractivity contribution in [3.63, 3.8) is 0 Å². The van der Waals surface area contributed by atoms with Crippen LogP contribution in [-0.2, 0) is 16.0 Å². The molecule has 0 aliphatic carbocycles. The fraction of sp³-hybridized carbons (Fsp3) is 0.385. The summed E-state index contributed by atoms with van der Waals surface area (Å²) in [6.45, 7) is 3.74. The van der Waals surface area contributed by atoms with Crippen LogP contribution in [0.15, 0.2) is 17.2 Å². The highest BCUT2D eigenvalue weighted by Gasteiger charge is 2.09. The molecule has 0 radical (unpaired) electrons. The molecule has 2 heterocycles. The Morgan fingerprint density at radius 2 is 1.91 bits per heavy atom.